The summed E-state index contributed by atoms with van der Waals surface area (Å²) in [6.45, 7) is 0.870. The van der Waals surface area contributed by atoms with Crippen LogP contribution in [0.5, 0.6) is 0 Å². The average molecular weight is 155 g/mol. The minimum Gasteiger partial charge on any atom is -0.451 e. The standard InChI is InChI=1S/C6H9N3O2/c7-1-2-8-6(10)5-3-11-4-9-5/h3-4H,1-2,7H2,(H,8,10). The van der Waals surface area contributed by atoms with Crippen molar-refractivity contribution in [2.24, 2.45) is 5.73 Å². The third kappa shape index (κ3) is 2.05. The Kier molecular flexibility index (Phi) is 2.62. The molecule has 3 N–H and O–H groups in total. The Balaban J connectivity index is 2.43. The molecule has 5 nitrogen and oxygen atoms in total. The third-order valence-corrected chi connectivity index (χ3v) is 1.09. The summed E-state index contributed by atoms with van der Waals surface area (Å²) in [5.41, 5.74) is 5.45. The topological polar surface area (TPSA) is 81.1 Å². The van der Waals surface area contributed by atoms with Gasteiger partial charge in [0.15, 0.2) is 12.1 Å². The highest BCUT2D eigenvalue weighted by Crippen LogP contribution is 1.92. The molecular formula is C6H9N3O2. The van der Waals surface area contributed by atoms with Gasteiger partial charge in [-0.05, 0) is 0 Å². The summed E-state index contributed by atoms with van der Waals surface area (Å²) in [5.74, 6) is -0.260. The lowest BCUT2D eigenvalue weighted by molar-refractivity contribution is 0.0950. The summed E-state index contributed by atoms with van der Waals surface area (Å²) in [6, 6.07) is 0. The van der Waals surface area contributed by atoms with Crippen LogP contribution in [0.15, 0.2) is 17.1 Å². The number of aromatic nitrogens is 1. The van der Waals surface area contributed by atoms with Crippen LogP contribution in [-0.4, -0.2) is 24.0 Å². The summed E-state index contributed by atoms with van der Waals surface area (Å²) in [7, 11) is 0. The number of rotatable bonds is 3. The van der Waals surface area contributed by atoms with Gasteiger partial charge in [-0.3, -0.25) is 4.79 Å². The molecule has 0 aliphatic rings. The average Bonchev–Trinajstić information content (AvgIpc) is 2.52. The van der Waals surface area contributed by atoms with E-state index in [4.69, 9.17) is 5.73 Å². The quantitative estimate of drug-likeness (QED) is 0.608. The first-order chi connectivity index (χ1) is 5.34. The molecule has 5 heteroatoms. The number of carbonyl (C=O) groups excluding carboxylic acids is 1. The fourth-order valence-corrected chi connectivity index (χ4v) is 0.601. The number of hydrogen-bond donors (Lipinski definition) is 2. The predicted octanol–water partition coefficient (Wildman–Crippen LogP) is -0.637. The number of nitrogens with one attached hydrogen (secondary N) is 1. The Morgan fingerprint density at radius 3 is 3.18 bits per heavy atom. The van der Waals surface area contributed by atoms with Gasteiger partial charge in [0.2, 0.25) is 0 Å². The third-order valence-electron chi connectivity index (χ3n) is 1.09. The zero-order chi connectivity index (χ0) is 8.10. The van der Waals surface area contributed by atoms with E-state index in [1.54, 1.807) is 0 Å². The fraction of sp³-hybridized carbons (Fsp3) is 0.333. The number of nitrogens with two attached hydrogens (primary N) is 1. The SMILES string of the molecule is NCCNC(=O)c1cocn1. The highest BCUT2D eigenvalue weighted by atomic mass is 16.3. The van der Waals surface area contributed by atoms with Crippen LogP contribution in [0, 0.1) is 0 Å². The van der Waals surface area contributed by atoms with E-state index in [0.717, 1.165) is 0 Å². The maximum atomic E-state index is 11.0. The fourth-order valence-electron chi connectivity index (χ4n) is 0.601. The summed E-state index contributed by atoms with van der Waals surface area (Å²) in [6.07, 6.45) is 2.49. The Bertz CT molecular complexity index is 220. The van der Waals surface area contributed by atoms with Crippen molar-refractivity contribution in [3.63, 3.8) is 0 Å². The molecule has 0 radical (unpaired) electrons. The van der Waals surface area contributed by atoms with Crippen LogP contribution in [0.1, 0.15) is 10.5 Å². The molecule has 0 aromatic carbocycles. The number of carbonyl (C=O) groups is 1. The Hall–Kier alpha value is -1.36. The highest BCUT2D eigenvalue weighted by molar-refractivity contribution is 5.91. The van der Waals surface area contributed by atoms with Gasteiger partial charge >= 0.3 is 0 Å². The first-order valence-electron chi connectivity index (χ1n) is 3.21. The van der Waals surface area contributed by atoms with E-state index < -0.39 is 0 Å². The Labute approximate surface area is 63.6 Å². The summed E-state index contributed by atoms with van der Waals surface area (Å²) in [4.78, 5) is 14.6. The zero-order valence-electron chi connectivity index (χ0n) is 5.91. The molecule has 0 atom stereocenters. The molecule has 60 valence electrons. The van der Waals surface area contributed by atoms with Gasteiger partial charge in [-0.25, -0.2) is 4.98 Å². The van der Waals surface area contributed by atoms with E-state index in [1.807, 2.05) is 0 Å². The van der Waals surface area contributed by atoms with Gasteiger partial charge in [0.1, 0.15) is 6.26 Å². The molecule has 1 amide bonds. The molecule has 0 aliphatic heterocycles. The lowest BCUT2D eigenvalue weighted by atomic mass is 10.4. The van der Waals surface area contributed by atoms with Gasteiger partial charge in [-0.2, -0.15) is 0 Å². The van der Waals surface area contributed by atoms with Gasteiger partial charge in [0.05, 0.1) is 0 Å². The first-order valence-corrected chi connectivity index (χ1v) is 3.21. The van der Waals surface area contributed by atoms with E-state index in [9.17, 15) is 4.79 Å². The van der Waals surface area contributed by atoms with Crippen molar-refractivity contribution < 1.29 is 9.21 Å². The summed E-state index contributed by atoms with van der Waals surface area (Å²) >= 11 is 0. The zero-order valence-corrected chi connectivity index (χ0v) is 5.91. The predicted molar refractivity (Wildman–Crippen MR) is 37.9 cm³/mol. The Morgan fingerprint density at radius 1 is 1.82 bits per heavy atom. The van der Waals surface area contributed by atoms with Crippen molar-refractivity contribution in [1.82, 2.24) is 10.3 Å². The van der Waals surface area contributed by atoms with Gasteiger partial charge in [-0.1, -0.05) is 0 Å². The first kappa shape index (κ1) is 7.74. The van der Waals surface area contributed by atoms with Crippen LogP contribution in [-0.2, 0) is 0 Å². The lowest BCUT2D eigenvalue weighted by Crippen LogP contribution is -2.29. The smallest absolute Gasteiger partial charge is 0.273 e. The molecular weight excluding hydrogens is 146 g/mol. The van der Waals surface area contributed by atoms with E-state index in [-0.39, 0.29) is 11.6 Å². The van der Waals surface area contributed by atoms with Crippen molar-refractivity contribution in [2.45, 2.75) is 0 Å². The van der Waals surface area contributed by atoms with Gasteiger partial charge < -0.3 is 15.5 Å². The van der Waals surface area contributed by atoms with Crippen molar-refractivity contribution in [1.29, 1.82) is 0 Å². The van der Waals surface area contributed by atoms with Crippen molar-refractivity contribution in [3.05, 3.63) is 18.4 Å². The molecule has 0 bridgehead atoms. The molecule has 1 aromatic rings. The number of hydrogen-bond acceptors (Lipinski definition) is 4. The second kappa shape index (κ2) is 3.72. The molecule has 0 aliphatic carbocycles. The van der Waals surface area contributed by atoms with Crippen LogP contribution in [0.3, 0.4) is 0 Å². The minimum absolute atomic E-state index is 0.260. The van der Waals surface area contributed by atoms with Crippen LogP contribution >= 0.6 is 0 Å². The summed E-state index contributed by atoms with van der Waals surface area (Å²) in [5, 5.41) is 2.55. The maximum Gasteiger partial charge on any atom is 0.273 e. The number of amides is 1. The maximum absolute atomic E-state index is 11.0. The second-order valence-corrected chi connectivity index (χ2v) is 1.92. The van der Waals surface area contributed by atoms with Crippen LogP contribution in [0.4, 0.5) is 0 Å². The monoisotopic (exact) mass is 155 g/mol. The molecule has 0 unspecified atom stereocenters. The van der Waals surface area contributed by atoms with Crippen molar-refractivity contribution in [2.75, 3.05) is 13.1 Å². The molecule has 1 aromatic heterocycles. The lowest BCUT2D eigenvalue weighted by Gasteiger charge is -1.97. The van der Waals surface area contributed by atoms with E-state index >= 15 is 0 Å². The summed E-state index contributed by atoms with van der Waals surface area (Å²) < 4.78 is 4.61. The van der Waals surface area contributed by atoms with E-state index in [1.165, 1.54) is 12.7 Å². The molecule has 11 heavy (non-hydrogen) atoms. The molecule has 1 heterocycles. The molecule has 1 rings (SSSR count). The number of oxazole rings is 1. The van der Waals surface area contributed by atoms with Gasteiger partial charge in [-0.15, -0.1) is 0 Å². The molecule has 0 fully saturated rings. The number of nitrogens with zero attached hydrogens (tertiary/aromatic N) is 1. The van der Waals surface area contributed by atoms with Crippen LogP contribution in [0.2, 0.25) is 0 Å². The van der Waals surface area contributed by atoms with E-state index in [2.05, 4.69) is 14.7 Å². The van der Waals surface area contributed by atoms with Crippen molar-refractivity contribution >= 4 is 5.91 Å². The van der Waals surface area contributed by atoms with Crippen LogP contribution in [0.25, 0.3) is 0 Å². The van der Waals surface area contributed by atoms with Gasteiger partial charge in [0.25, 0.3) is 5.91 Å². The largest absolute Gasteiger partial charge is 0.451 e. The molecule has 0 saturated carbocycles. The molecule has 0 spiro atoms. The van der Waals surface area contributed by atoms with E-state index in [0.29, 0.717) is 13.1 Å². The van der Waals surface area contributed by atoms with Crippen molar-refractivity contribution in [3.8, 4) is 0 Å². The Morgan fingerprint density at radius 2 is 2.64 bits per heavy atom. The highest BCUT2D eigenvalue weighted by Gasteiger charge is 2.05. The van der Waals surface area contributed by atoms with Gasteiger partial charge in [0, 0.05) is 13.1 Å². The minimum atomic E-state index is -0.260. The molecule has 0 saturated heterocycles. The second-order valence-electron chi connectivity index (χ2n) is 1.92. The van der Waals surface area contributed by atoms with Crippen LogP contribution < -0.4 is 11.1 Å². The normalized spacial score (nSPS) is 9.55.